The number of nitrogens with two attached hydrogens (primary N) is 1. The van der Waals surface area contributed by atoms with Gasteiger partial charge in [0.25, 0.3) is 0 Å². The Bertz CT molecular complexity index is 463. The van der Waals surface area contributed by atoms with Crippen LogP contribution in [0.2, 0.25) is 0 Å². The molecule has 116 valence electrons. The Morgan fingerprint density at radius 1 is 1.43 bits per heavy atom. The molecule has 1 aliphatic rings. The fourth-order valence-corrected chi connectivity index (χ4v) is 3.39. The smallest absolute Gasteiger partial charge is 0.217 e. The molecule has 0 radical (unpaired) electrons. The molecule has 0 spiro atoms. The maximum absolute atomic E-state index is 11.1. The van der Waals surface area contributed by atoms with Crippen LogP contribution in [0.4, 0.5) is 0 Å². The number of benzene rings is 1. The second-order valence-corrected chi connectivity index (χ2v) is 6.06. The molecule has 0 aliphatic carbocycles. The van der Waals surface area contributed by atoms with E-state index in [9.17, 15) is 4.79 Å². The third-order valence-electron chi connectivity index (χ3n) is 4.75. The summed E-state index contributed by atoms with van der Waals surface area (Å²) in [6.45, 7) is 4.20. The summed E-state index contributed by atoms with van der Waals surface area (Å²) in [4.78, 5) is 13.6. The van der Waals surface area contributed by atoms with Gasteiger partial charge in [0.05, 0.1) is 6.10 Å². The minimum absolute atomic E-state index is 0.0987. The number of primary amides is 1. The molecule has 1 unspecified atom stereocenters. The fraction of sp³-hybridized carbons (Fsp3) is 0.588. The standard InChI is InChI=1S/C17H26N2O2/c1-17(11-8-16(18)20)15(21-2)10-13-19(17)12-9-14-6-4-3-5-7-14/h3-7,15H,8-13H2,1-2H3,(H2,18,20)/t15?,17-/m0/s1. The number of ether oxygens (including phenoxy) is 1. The minimum Gasteiger partial charge on any atom is -0.379 e. The Morgan fingerprint density at radius 2 is 2.14 bits per heavy atom. The van der Waals surface area contributed by atoms with Gasteiger partial charge in [0, 0.05) is 32.2 Å². The predicted molar refractivity (Wildman–Crippen MR) is 84.0 cm³/mol. The zero-order valence-corrected chi connectivity index (χ0v) is 13.0. The molecule has 1 aliphatic heterocycles. The quantitative estimate of drug-likeness (QED) is 0.835. The van der Waals surface area contributed by atoms with Gasteiger partial charge in [-0.2, -0.15) is 0 Å². The molecule has 1 fully saturated rings. The van der Waals surface area contributed by atoms with Crippen LogP contribution in [-0.4, -0.2) is 42.6 Å². The highest BCUT2D eigenvalue weighted by molar-refractivity contribution is 5.73. The Morgan fingerprint density at radius 3 is 2.76 bits per heavy atom. The molecular formula is C17H26N2O2. The van der Waals surface area contributed by atoms with E-state index in [0.717, 1.165) is 32.4 Å². The van der Waals surface area contributed by atoms with Crippen molar-refractivity contribution < 1.29 is 9.53 Å². The van der Waals surface area contributed by atoms with Gasteiger partial charge in [-0.15, -0.1) is 0 Å². The number of amides is 1. The van der Waals surface area contributed by atoms with Gasteiger partial charge in [0.1, 0.15) is 0 Å². The topological polar surface area (TPSA) is 55.6 Å². The van der Waals surface area contributed by atoms with E-state index in [1.54, 1.807) is 7.11 Å². The van der Waals surface area contributed by atoms with Gasteiger partial charge in [-0.3, -0.25) is 9.69 Å². The van der Waals surface area contributed by atoms with Crippen LogP contribution in [0.5, 0.6) is 0 Å². The lowest BCUT2D eigenvalue weighted by Gasteiger charge is -2.39. The maximum atomic E-state index is 11.1. The molecule has 2 N–H and O–H groups in total. The Kier molecular flexibility index (Phi) is 5.37. The first-order chi connectivity index (χ1) is 10.1. The van der Waals surface area contributed by atoms with Gasteiger partial charge >= 0.3 is 0 Å². The second kappa shape index (κ2) is 7.05. The van der Waals surface area contributed by atoms with Crippen molar-refractivity contribution in [3.63, 3.8) is 0 Å². The number of hydrogen-bond acceptors (Lipinski definition) is 3. The van der Waals surface area contributed by atoms with Crippen molar-refractivity contribution in [3.8, 4) is 0 Å². The molecule has 1 saturated heterocycles. The largest absolute Gasteiger partial charge is 0.379 e. The number of rotatable bonds is 7. The van der Waals surface area contributed by atoms with Crippen LogP contribution in [0.25, 0.3) is 0 Å². The van der Waals surface area contributed by atoms with Gasteiger partial charge in [-0.05, 0) is 31.7 Å². The van der Waals surface area contributed by atoms with Crippen LogP contribution in [0, 0.1) is 0 Å². The van der Waals surface area contributed by atoms with Crippen molar-refractivity contribution in [2.45, 2.75) is 44.2 Å². The molecule has 4 nitrogen and oxygen atoms in total. The highest BCUT2D eigenvalue weighted by Gasteiger charge is 2.44. The van der Waals surface area contributed by atoms with Crippen molar-refractivity contribution in [2.24, 2.45) is 5.73 Å². The first-order valence-corrected chi connectivity index (χ1v) is 7.66. The number of nitrogens with zero attached hydrogens (tertiary/aromatic N) is 1. The summed E-state index contributed by atoms with van der Waals surface area (Å²) in [7, 11) is 1.76. The second-order valence-electron chi connectivity index (χ2n) is 6.06. The number of hydrogen-bond donors (Lipinski definition) is 1. The van der Waals surface area contributed by atoms with Crippen LogP contribution in [0.3, 0.4) is 0 Å². The molecule has 1 aromatic carbocycles. The van der Waals surface area contributed by atoms with Crippen molar-refractivity contribution in [2.75, 3.05) is 20.2 Å². The third-order valence-corrected chi connectivity index (χ3v) is 4.75. The summed E-state index contributed by atoms with van der Waals surface area (Å²) in [5, 5.41) is 0. The molecular weight excluding hydrogens is 264 g/mol. The molecule has 1 aromatic rings. The molecule has 2 atom stereocenters. The third kappa shape index (κ3) is 3.83. The highest BCUT2D eigenvalue weighted by atomic mass is 16.5. The number of methoxy groups -OCH3 is 1. The summed E-state index contributed by atoms with van der Waals surface area (Å²) >= 11 is 0. The van der Waals surface area contributed by atoms with Gasteiger partial charge < -0.3 is 10.5 Å². The van der Waals surface area contributed by atoms with Gasteiger partial charge in [-0.25, -0.2) is 0 Å². The minimum atomic E-state index is -0.235. The van der Waals surface area contributed by atoms with E-state index in [2.05, 4.69) is 36.1 Å². The zero-order valence-electron chi connectivity index (χ0n) is 13.0. The van der Waals surface area contributed by atoms with Gasteiger partial charge in [-0.1, -0.05) is 30.3 Å². The molecule has 0 aromatic heterocycles. The van der Waals surface area contributed by atoms with E-state index in [-0.39, 0.29) is 17.6 Å². The van der Waals surface area contributed by atoms with Crippen LogP contribution < -0.4 is 5.73 Å². The summed E-state index contributed by atoms with van der Waals surface area (Å²) in [5.41, 5.74) is 6.57. The fourth-order valence-electron chi connectivity index (χ4n) is 3.39. The SMILES string of the molecule is COC1CCN(CCc2ccccc2)[C@@]1(C)CCC(N)=O. The lowest BCUT2D eigenvalue weighted by molar-refractivity contribution is -0.119. The van der Waals surface area contributed by atoms with Crippen LogP contribution in [-0.2, 0) is 16.0 Å². The van der Waals surface area contributed by atoms with E-state index in [4.69, 9.17) is 10.5 Å². The normalized spacial score (nSPS) is 26.1. The average molecular weight is 290 g/mol. The Balaban J connectivity index is 2.01. The highest BCUT2D eigenvalue weighted by Crippen LogP contribution is 2.35. The molecule has 1 heterocycles. The molecule has 1 amide bonds. The summed E-state index contributed by atoms with van der Waals surface area (Å²) in [5.74, 6) is -0.235. The molecule has 4 heteroatoms. The van der Waals surface area contributed by atoms with Crippen LogP contribution in [0.1, 0.15) is 31.7 Å². The predicted octanol–water partition coefficient (Wildman–Crippen LogP) is 1.97. The molecule has 2 rings (SSSR count). The number of carbonyl (C=O) groups is 1. The van der Waals surface area contributed by atoms with Gasteiger partial charge in [0.15, 0.2) is 0 Å². The number of carbonyl (C=O) groups excluding carboxylic acids is 1. The van der Waals surface area contributed by atoms with E-state index < -0.39 is 0 Å². The van der Waals surface area contributed by atoms with Crippen molar-refractivity contribution >= 4 is 5.91 Å². The van der Waals surface area contributed by atoms with Crippen LogP contribution in [0.15, 0.2) is 30.3 Å². The van der Waals surface area contributed by atoms with Crippen molar-refractivity contribution in [1.29, 1.82) is 0 Å². The van der Waals surface area contributed by atoms with Gasteiger partial charge in [0.2, 0.25) is 5.91 Å². The summed E-state index contributed by atoms with van der Waals surface area (Å²) in [6.07, 6.45) is 3.38. The van der Waals surface area contributed by atoms with Crippen molar-refractivity contribution in [1.82, 2.24) is 4.90 Å². The van der Waals surface area contributed by atoms with Crippen LogP contribution >= 0.6 is 0 Å². The monoisotopic (exact) mass is 290 g/mol. The Hall–Kier alpha value is -1.39. The zero-order chi connectivity index (χ0) is 15.3. The lowest BCUT2D eigenvalue weighted by atomic mass is 9.89. The molecule has 0 bridgehead atoms. The van der Waals surface area contributed by atoms with E-state index >= 15 is 0 Å². The van der Waals surface area contributed by atoms with E-state index in [1.165, 1.54) is 5.56 Å². The Labute approximate surface area is 127 Å². The van der Waals surface area contributed by atoms with E-state index in [0.29, 0.717) is 6.42 Å². The maximum Gasteiger partial charge on any atom is 0.217 e. The summed E-state index contributed by atoms with van der Waals surface area (Å²) in [6, 6.07) is 10.5. The molecule has 0 saturated carbocycles. The molecule has 21 heavy (non-hydrogen) atoms. The number of likely N-dealkylation sites (tertiary alicyclic amines) is 1. The summed E-state index contributed by atoms with van der Waals surface area (Å²) < 4.78 is 5.65. The first-order valence-electron chi connectivity index (χ1n) is 7.66. The van der Waals surface area contributed by atoms with Crippen molar-refractivity contribution in [3.05, 3.63) is 35.9 Å². The van der Waals surface area contributed by atoms with E-state index in [1.807, 2.05) is 6.07 Å². The lowest BCUT2D eigenvalue weighted by Crippen LogP contribution is -2.49. The first kappa shape index (κ1) is 16.0. The average Bonchev–Trinajstić information content (AvgIpc) is 2.80.